The summed E-state index contributed by atoms with van der Waals surface area (Å²) in [6, 6.07) is 13.9. The van der Waals surface area contributed by atoms with Crippen LogP contribution >= 0.6 is 0 Å². The lowest BCUT2D eigenvalue weighted by Crippen LogP contribution is -2.45. The quantitative estimate of drug-likeness (QED) is 0.750. The van der Waals surface area contributed by atoms with E-state index in [1.54, 1.807) is 14.2 Å². The van der Waals surface area contributed by atoms with E-state index in [-0.39, 0.29) is 24.4 Å². The molecule has 1 fully saturated rings. The van der Waals surface area contributed by atoms with Crippen LogP contribution in [-0.2, 0) is 4.79 Å². The van der Waals surface area contributed by atoms with Crippen LogP contribution in [0.3, 0.4) is 0 Å². The number of piperidine rings is 1. The Morgan fingerprint density at radius 3 is 2.52 bits per heavy atom. The van der Waals surface area contributed by atoms with Crippen LogP contribution < -0.4 is 25.4 Å². The fourth-order valence-corrected chi connectivity index (χ4v) is 3.79. The first-order valence-electron chi connectivity index (χ1n) is 10.1. The fourth-order valence-electron chi connectivity index (χ4n) is 3.79. The van der Waals surface area contributed by atoms with Crippen molar-refractivity contribution in [1.82, 2.24) is 5.32 Å². The Bertz CT molecular complexity index is 832. The van der Waals surface area contributed by atoms with Crippen molar-refractivity contribution in [2.75, 3.05) is 32.2 Å². The van der Waals surface area contributed by atoms with E-state index in [1.165, 1.54) is 11.3 Å². The zero-order valence-corrected chi connectivity index (χ0v) is 17.5. The molecule has 0 saturated carbocycles. The number of nitrogens with zero attached hydrogens (tertiary/aromatic N) is 1. The zero-order chi connectivity index (χ0) is 20.8. The van der Waals surface area contributed by atoms with Gasteiger partial charge in [0.25, 0.3) is 0 Å². The summed E-state index contributed by atoms with van der Waals surface area (Å²) >= 11 is 0. The van der Waals surface area contributed by atoms with Crippen molar-refractivity contribution in [1.29, 1.82) is 0 Å². The van der Waals surface area contributed by atoms with Gasteiger partial charge in [-0.2, -0.15) is 0 Å². The molecule has 6 nitrogen and oxygen atoms in total. The third-order valence-corrected chi connectivity index (χ3v) is 5.47. The molecule has 3 N–H and O–H groups in total. The number of hydrogen-bond donors (Lipinski definition) is 2. The number of carbonyl (C=O) groups is 1. The number of carbonyl (C=O) groups excluding carboxylic acids is 1. The largest absolute Gasteiger partial charge is 0.493 e. The third kappa shape index (κ3) is 5.41. The van der Waals surface area contributed by atoms with Crippen molar-refractivity contribution in [3.8, 4) is 11.5 Å². The molecule has 0 aromatic heterocycles. The highest BCUT2D eigenvalue weighted by molar-refractivity contribution is 5.77. The first-order chi connectivity index (χ1) is 14.0. The van der Waals surface area contributed by atoms with Crippen LogP contribution in [0.2, 0.25) is 0 Å². The maximum absolute atomic E-state index is 12.5. The maximum atomic E-state index is 12.5. The van der Waals surface area contributed by atoms with Gasteiger partial charge in [-0.15, -0.1) is 0 Å². The second-order valence-corrected chi connectivity index (χ2v) is 7.59. The number of aryl methyl sites for hydroxylation is 1. The zero-order valence-electron chi connectivity index (χ0n) is 17.5. The molecule has 0 aliphatic carbocycles. The van der Waals surface area contributed by atoms with Gasteiger partial charge in [0.1, 0.15) is 0 Å². The number of benzene rings is 2. The predicted molar refractivity (Wildman–Crippen MR) is 116 cm³/mol. The van der Waals surface area contributed by atoms with Crippen LogP contribution in [0.5, 0.6) is 11.5 Å². The van der Waals surface area contributed by atoms with Gasteiger partial charge in [0, 0.05) is 37.3 Å². The Balaban J connectivity index is 1.50. The molecule has 1 unspecified atom stereocenters. The molecule has 156 valence electrons. The van der Waals surface area contributed by atoms with E-state index < -0.39 is 0 Å². The number of ether oxygens (including phenoxy) is 2. The number of anilines is 1. The molecule has 0 spiro atoms. The Labute approximate surface area is 173 Å². The number of amides is 1. The van der Waals surface area contributed by atoms with Gasteiger partial charge in [0.2, 0.25) is 5.91 Å². The van der Waals surface area contributed by atoms with Crippen molar-refractivity contribution in [3.63, 3.8) is 0 Å². The molecule has 29 heavy (non-hydrogen) atoms. The normalized spacial score (nSPS) is 15.7. The second-order valence-electron chi connectivity index (χ2n) is 7.59. The standard InChI is InChI=1S/C23H31N3O3/c1-16-5-4-6-19(13-16)26-11-9-18(10-12-26)25-23(27)15-20(24)17-7-8-21(28-2)22(14-17)29-3/h4-8,13-14,18,20H,9-12,15,24H2,1-3H3,(H,25,27). The van der Waals surface area contributed by atoms with Crippen LogP contribution in [0.1, 0.15) is 36.4 Å². The molecule has 0 radical (unpaired) electrons. The van der Waals surface area contributed by atoms with Gasteiger partial charge in [0.05, 0.1) is 14.2 Å². The minimum atomic E-state index is -0.387. The summed E-state index contributed by atoms with van der Waals surface area (Å²) in [4.78, 5) is 14.9. The summed E-state index contributed by atoms with van der Waals surface area (Å²) < 4.78 is 10.6. The van der Waals surface area contributed by atoms with Gasteiger partial charge in [-0.1, -0.05) is 18.2 Å². The lowest BCUT2D eigenvalue weighted by atomic mass is 10.0. The van der Waals surface area contributed by atoms with E-state index >= 15 is 0 Å². The highest BCUT2D eigenvalue weighted by Gasteiger charge is 2.22. The molecule has 1 saturated heterocycles. The molecule has 1 amide bonds. The molecule has 1 aliphatic rings. The Morgan fingerprint density at radius 1 is 1.14 bits per heavy atom. The number of nitrogens with one attached hydrogen (secondary N) is 1. The monoisotopic (exact) mass is 397 g/mol. The van der Waals surface area contributed by atoms with Gasteiger partial charge in [0.15, 0.2) is 11.5 Å². The lowest BCUT2D eigenvalue weighted by molar-refractivity contribution is -0.122. The molecule has 1 heterocycles. The summed E-state index contributed by atoms with van der Waals surface area (Å²) in [5, 5.41) is 3.15. The van der Waals surface area contributed by atoms with E-state index in [9.17, 15) is 4.79 Å². The summed E-state index contributed by atoms with van der Waals surface area (Å²) in [5.74, 6) is 1.25. The number of rotatable bonds is 7. The number of methoxy groups -OCH3 is 2. The van der Waals surface area contributed by atoms with E-state index in [0.29, 0.717) is 11.5 Å². The van der Waals surface area contributed by atoms with E-state index in [1.807, 2.05) is 18.2 Å². The maximum Gasteiger partial charge on any atom is 0.222 e. The van der Waals surface area contributed by atoms with Gasteiger partial charge in [-0.05, 0) is 55.2 Å². The Morgan fingerprint density at radius 2 is 1.86 bits per heavy atom. The Kier molecular flexibility index (Phi) is 6.99. The van der Waals surface area contributed by atoms with Crippen molar-refractivity contribution in [3.05, 3.63) is 53.6 Å². The average molecular weight is 398 g/mol. The first kappa shape index (κ1) is 21.0. The van der Waals surface area contributed by atoms with Crippen LogP contribution in [0.25, 0.3) is 0 Å². The third-order valence-electron chi connectivity index (χ3n) is 5.47. The highest BCUT2D eigenvalue weighted by atomic mass is 16.5. The minimum Gasteiger partial charge on any atom is -0.493 e. The summed E-state index contributed by atoms with van der Waals surface area (Å²) in [7, 11) is 3.18. The first-order valence-corrected chi connectivity index (χ1v) is 10.1. The van der Waals surface area contributed by atoms with Crippen molar-refractivity contribution in [2.24, 2.45) is 5.73 Å². The summed E-state index contributed by atoms with van der Waals surface area (Å²) in [6.07, 6.45) is 2.12. The van der Waals surface area contributed by atoms with E-state index in [0.717, 1.165) is 31.5 Å². The highest BCUT2D eigenvalue weighted by Crippen LogP contribution is 2.30. The molecule has 1 aliphatic heterocycles. The fraction of sp³-hybridized carbons (Fsp3) is 0.435. The van der Waals surface area contributed by atoms with Crippen LogP contribution in [-0.4, -0.2) is 39.3 Å². The van der Waals surface area contributed by atoms with Gasteiger partial charge in [-0.3, -0.25) is 4.79 Å². The summed E-state index contributed by atoms with van der Waals surface area (Å²) in [6.45, 7) is 3.99. The van der Waals surface area contributed by atoms with Gasteiger partial charge < -0.3 is 25.4 Å². The summed E-state index contributed by atoms with van der Waals surface area (Å²) in [5.41, 5.74) is 9.64. The molecule has 2 aromatic carbocycles. The number of hydrogen-bond acceptors (Lipinski definition) is 5. The lowest BCUT2D eigenvalue weighted by Gasteiger charge is -2.34. The topological polar surface area (TPSA) is 76.8 Å². The Hall–Kier alpha value is -2.73. The van der Waals surface area contributed by atoms with Gasteiger partial charge >= 0.3 is 0 Å². The van der Waals surface area contributed by atoms with Crippen molar-refractivity contribution < 1.29 is 14.3 Å². The molecule has 0 bridgehead atoms. The molecule has 3 rings (SSSR count). The van der Waals surface area contributed by atoms with Crippen LogP contribution in [0.4, 0.5) is 5.69 Å². The van der Waals surface area contributed by atoms with Gasteiger partial charge in [-0.25, -0.2) is 0 Å². The molecule has 6 heteroatoms. The minimum absolute atomic E-state index is 0.0127. The van der Waals surface area contributed by atoms with Crippen LogP contribution in [0.15, 0.2) is 42.5 Å². The molecule has 1 atom stereocenters. The SMILES string of the molecule is COc1ccc(C(N)CC(=O)NC2CCN(c3cccc(C)c3)CC2)cc1OC. The molecular weight excluding hydrogens is 366 g/mol. The van der Waals surface area contributed by atoms with Crippen molar-refractivity contribution in [2.45, 2.75) is 38.3 Å². The van der Waals surface area contributed by atoms with Crippen LogP contribution in [0, 0.1) is 6.92 Å². The smallest absolute Gasteiger partial charge is 0.222 e. The predicted octanol–water partition coefficient (Wildman–Crippen LogP) is 3.19. The van der Waals surface area contributed by atoms with E-state index in [4.69, 9.17) is 15.2 Å². The van der Waals surface area contributed by atoms with E-state index in [2.05, 4.69) is 41.4 Å². The number of nitrogens with two attached hydrogens (primary N) is 1. The average Bonchev–Trinajstić information content (AvgIpc) is 2.73. The molecule has 2 aromatic rings. The van der Waals surface area contributed by atoms with Crippen molar-refractivity contribution >= 4 is 11.6 Å². The second kappa shape index (κ2) is 9.65. The molecular formula is C23H31N3O3.